The molecule has 2 N–H and O–H groups in total. The largest absolute Gasteiger partial charge is 0.369 e. The molecule has 0 radical (unpaired) electrons. The molecule has 0 fully saturated rings. The van der Waals surface area contributed by atoms with E-state index >= 15 is 0 Å². The molecule has 5 nitrogen and oxygen atoms in total. The van der Waals surface area contributed by atoms with Crippen molar-refractivity contribution in [3.05, 3.63) is 54.0 Å². The number of aryl methyl sites for hydroxylation is 1. The lowest BCUT2D eigenvalue weighted by Crippen LogP contribution is -2.29. The Kier molecular flexibility index (Phi) is 4.87. The van der Waals surface area contributed by atoms with E-state index < -0.39 is 16.0 Å². The second-order valence-electron chi connectivity index (χ2n) is 4.48. The van der Waals surface area contributed by atoms with E-state index in [0.29, 0.717) is 12.4 Å². The van der Waals surface area contributed by atoms with Gasteiger partial charge in [-0.05, 0) is 31.2 Å². The molecule has 1 heterocycles. The van der Waals surface area contributed by atoms with Crippen LogP contribution in [-0.4, -0.2) is 26.5 Å². The Balaban J connectivity index is 1.86. The first kappa shape index (κ1) is 15.4. The molecular formula is C14H16FN3O2S. The highest BCUT2D eigenvalue weighted by atomic mass is 32.2. The van der Waals surface area contributed by atoms with Gasteiger partial charge in [-0.3, -0.25) is 0 Å². The van der Waals surface area contributed by atoms with Crippen LogP contribution in [0.1, 0.15) is 5.56 Å². The van der Waals surface area contributed by atoms with Crippen molar-refractivity contribution in [1.29, 1.82) is 0 Å². The van der Waals surface area contributed by atoms with Crippen LogP contribution in [0, 0.1) is 12.9 Å². The first-order valence-electron chi connectivity index (χ1n) is 6.40. The van der Waals surface area contributed by atoms with Crippen molar-refractivity contribution in [2.75, 3.05) is 18.4 Å². The van der Waals surface area contributed by atoms with Gasteiger partial charge in [0.2, 0.25) is 16.0 Å². The van der Waals surface area contributed by atoms with Gasteiger partial charge in [-0.15, -0.1) is 0 Å². The highest BCUT2D eigenvalue weighted by Gasteiger charge is 2.12. The Bertz CT molecular complexity index is 702. The number of rotatable bonds is 6. The van der Waals surface area contributed by atoms with Crippen molar-refractivity contribution in [2.45, 2.75) is 11.8 Å². The van der Waals surface area contributed by atoms with Gasteiger partial charge in [0.1, 0.15) is 5.82 Å². The highest BCUT2D eigenvalue weighted by Crippen LogP contribution is 2.09. The molecule has 0 saturated carbocycles. The SMILES string of the molecule is Cc1ccc(S(=O)(=O)NCCNc2cccc(F)n2)cc1. The standard InChI is InChI=1S/C14H16FN3O2S/c1-11-5-7-12(8-6-11)21(19,20)17-10-9-16-14-4-2-3-13(15)18-14/h2-8,17H,9-10H2,1H3,(H,16,18). The third-order valence-corrected chi connectivity index (χ3v) is 4.25. The summed E-state index contributed by atoms with van der Waals surface area (Å²) in [5, 5.41) is 2.84. The van der Waals surface area contributed by atoms with Gasteiger partial charge in [0.05, 0.1) is 4.90 Å². The monoisotopic (exact) mass is 309 g/mol. The summed E-state index contributed by atoms with van der Waals surface area (Å²) in [6, 6.07) is 11.0. The molecule has 0 aliphatic rings. The number of nitrogens with one attached hydrogen (secondary N) is 2. The smallest absolute Gasteiger partial charge is 0.240 e. The summed E-state index contributed by atoms with van der Waals surface area (Å²) in [5.74, 6) is -0.218. The maximum Gasteiger partial charge on any atom is 0.240 e. The van der Waals surface area contributed by atoms with Gasteiger partial charge >= 0.3 is 0 Å². The Hall–Kier alpha value is -1.99. The predicted octanol–water partition coefficient (Wildman–Crippen LogP) is 1.92. The number of sulfonamides is 1. The first-order chi connectivity index (χ1) is 9.97. The molecule has 0 aliphatic heterocycles. The van der Waals surface area contributed by atoms with Gasteiger partial charge in [0, 0.05) is 13.1 Å². The summed E-state index contributed by atoms with van der Waals surface area (Å²) >= 11 is 0. The van der Waals surface area contributed by atoms with Crippen LogP contribution in [0.25, 0.3) is 0 Å². The normalized spacial score (nSPS) is 11.3. The fraction of sp³-hybridized carbons (Fsp3) is 0.214. The molecule has 0 atom stereocenters. The lowest BCUT2D eigenvalue weighted by Gasteiger charge is -2.08. The summed E-state index contributed by atoms with van der Waals surface area (Å²) in [5.41, 5.74) is 0.993. The van der Waals surface area contributed by atoms with Crippen molar-refractivity contribution in [2.24, 2.45) is 0 Å². The fourth-order valence-electron chi connectivity index (χ4n) is 1.68. The average molecular weight is 309 g/mol. The van der Waals surface area contributed by atoms with Crippen LogP contribution in [0.3, 0.4) is 0 Å². The zero-order valence-electron chi connectivity index (χ0n) is 11.5. The minimum absolute atomic E-state index is 0.175. The maximum absolute atomic E-state index is 12.9. The topological polar surface area (TPSA) is 71.1 Å². The summed E-state index contributed by atoms with van der Waals surface area (Å²) in [6.07, 6.45) is 0. The van der Waals surface area contributed by atoms with Crippen molar-refractivity contribution >= 4 is 15.8 Å². The molecule has 0 amide bonds. The van der Waals surface area contributed by atoms with E-state index in [1.54, 1.807) is 30.3 Å². The first-order valence-corrected chi connectivity index (χ1v) is 7.88. The molecule has 2 aromatic rings. The van der Waals surface area contributed by atoms with Crippen molar-refractivity contribution < 1.29 is 12.8 Å². The van der Waals surface area contributed by atoms with E-state index in [0.717, 1.165) is 5.56 Å². The lowest BCUT2D eigenvalue weighted by atomic mass is 10.2. The van der Waals surface area contributed by atoms with Crippen LogP contribution in [-0.2, 0) is 10.0 Å². The third-order valence-electron chi connectivity index (χ3n) is 2.77. The van der Waals surface area contributed by atoms with Crippen LogP contribution in [0.4, 0.5) is 10.2 Å². The Morgan fingerprint density at radius 2 is 1.81 bits per heavy atom. The number of benzene rings is 1. The average Bonchev–Trinajstić information content (AvgIpc) is 2.44. The third kappa shape index (κ3) is 4.51. The van der Waals surface area contributed by atoms with Crippen LogP contribution in [0.2, 0.25) is 0 Å². The summed E-state index contributed by atoms with van der Waals surface area (Å²) in [6.45, 7) is 2.37. The van der Waals surface area contributed by atoms with Crippen LogP contribution in [0.5, 0.6) is 0 Å². The molecular weight excluding hydrogens is 293 g/mol. The van der Waals surface area contributed by atoms with Gasteiger partial charge in [-0.1, -0.05) is 23.8 Å². The second-order valence-corrected chi connectivity index (χ2v) is 6.25. The lowest BCUT2D eigenvalue weighted by molar-refractivity contribution is 0.580. The Morgan fingerprint density at radius 3 is 2.48 bits per heavy atom. The number of pyridine rings is 1. The number of nitrogens with zero attached hydrogens (tertiary/aromatic N) is 1. The molecule has 2 rings (SSSR count). The van der Waals surface area contributed by atoms with Gasteiger partial charge in [-0.2, -0.15) is 4.39 Å². The second kappa shape index (κ2) is 6.64. The molecule has 1 aromatic carbocycles. The summed E-state index contributed by atoms with van der Waals surface area (Å²) in [7, 11) is -3.52. The molecule has 1 aromatic heterocycles. The van der Waals surface area contributed by atoms with E-state index in [1.165, 1.54) is 12.1 Å². The van der Waals surface area contributed by atoms with Crippen molar-refractivity contribution in [3.8, 4) is 0 Å². The zero-order valence-corrected chi connectivity index (χ0v) is 12.3. The van der Waals surface area contributed by atoms with Gasteiger partial charge in [0.25, 0.3) is 0 Å². The van der Waals surface area contributed by atoms with E-state index in [-0.39, 0.29) is 11.4 Å². The minimum Gasteiger partial charge on any atom is -0.369 e. The van der Waals surface area contributed by atoms with Gasteiger partial charge < -0.3 is 5.32 Å². The molecule has 112 valence electrons. The molecule has 0 unspecified atom stereocenters. The predicted molar refractivity (Wildman–Crippen MR) is 79.1 cm³/mol. The van der Waals surface area contributed by atoms with E-state index in [9.17, 15) is 12.8 Å². The summed E-state index contributed by atoms with van der Waals surface area (Å²) in [4.78, 5) is 3.84. The number of hydrogen-bond donors (Lipinski definition) is 2. The quantitative estimate of drug-likeness (QED) is 0.632. The van der Waals surface area contributed by atoms with Crippen molar-refractivity contribution in [1.82, 2.24) is 9.71 Å². The number of hydrogen-bond acceptors (Lipinski definition) is 4. The Morgan fingerprint density at radius 1 is 1.10 bits per heavy atom. The fourth-order valence-corrected chi connectivity index (χ4v) is 2.72. The molecule has 0 spiro atoms. The van der Waals surface area contributed by atoms with E-state index in [4.69, 9.17) is 0 Å². The molecule has 0 aliphatic carbocycles. The summed E-state index contributed by atoms with van der Waals surface area (Å²) < 4.78 is 39.3. The van der Waals surface area contributed by atoms with E-state index in [2.05, 4.69) is 15.0 Å². The number of anilines is 1. The van der Waals surface area contributed by atoms with E-state index in [1.807, 2.05) is 6.92 Å². The molecule has 7 heteroatoms. The zero-order chi connectivity index (χ0) is 15.3. The molecule has 0 saturated heterocycles. The maximum atomic E-state index is 12.9. The van der Waals surface area contributed by atoms with Crippen LogP contribution < -0.4 is 10.0 Å². The molecule has 0 bridgehead atoms. The van der Waals surface area contributed by atoms with Gasteiger partial charge in [-0.25, -0.2) is 18.1 Å². The minimum atomic E-state index is -3.52. The molecule has 21 heavy (non-hydrogen) atoms. The van der Waals surface area contributed by atoms with Crippen LogP contribution >= 0.6 is 0 Å². The van der Waals surface area contributed by atoms with Crippen LogP contribution in [0.15, 0.2) is 47.4 Å². The van der Waals surface area contributed by atoms with Crippen molar-refractivity contribution in [3.63, 3.8) is 0 Å². The Labute approximate surface area is 123 Å². The number of aromatic nitrogens is 1. The van der Waals surface area contributed by atoms with Gasteiger partial charge in [0.15, 0.2) is 0 Å². The number of halogens is 1. The highest BCUT2D eigenvalue weighted by molar-refractivity contribution is 7.89.